The molecule has 14 heavy (non-hydrogen) atoms. The topological polar surface area (TPSA) is 54.0 Å². The Kier molecular flexibility index (Phi) is 2.45. The van der Waals surface area contributed by atoms with Crippen molar-refractivity contribution in [2.24, 2.45) is 0 Å². The summed E-state index contributed by atoms with van der Waals surface area (Å²) in [6.45, 7) is 2.76. The van der Waals surface area contributed by atoms with Gasteiger partial charge in [-0.2, -0.15) is 0 Å². The highest BCUT2D eigenvalue weighted by Gasteiger charge is 2.26. The molecule has 1 aliphatic rings. The number of amides is 1. The van der Waals surface area contributed by atoms with Gasteiger partial charge in [-0.3, -0.25) is 15.1 Å². The summed E-state index contributed by atoms with van der Waals surface area (Å²) >= 11 is 0. The van der Waals surface area contributed by atoms with E-state index in [4.69, 9.17) is 0 Å². The van der Waals surface area contributed by atoms with E-state index in [1.165, 1.54) is 0 Å². The quantitative estimate of drug-likeness (QED) is 0.668. The minimum absolute atomic E-state index is 0.00227. The number of carbonyl (C=O) groups excluding carboxylic acids is 1. The molecule has 1 fully saturated rings. The van der Waals surface area contributed by atoms with Crippen molar-refractivity contribution in [3.05, 3.63) is 30.1 Å². The van der Waals surface area contributed by atoms with Gasteiger partial charge in [0.25, 0.3) is 0 Å². The average Bonchev–Trinajstić information content (AvgIpc) is 2.19. The first kappa shape index (κ1) is 9.15. The molecule has 0 aromatic carbocycles. The third kappa shape index (κ3) is 1.75. The molecule has 0 radical (unpaired) electrons. The summed E-state index contributed by atoms with van der Waals surface area (Å²) < 4.78 is 0. The lowest BCUT2D eigenvalue weighted by Gasteiger charge is -2.27. The van der Waals surface area contributed by atoms with E-state index in [2.05, 4.69) is 15.6 Å². The Bertz CT molecular complexity index is 325. The first-order chi connectivity index (χ1) is 6.77. The Hall–Kier alpha value is -1.42. The van der Waals surface area contributed by atoms with Crippen LogP contribution in [0.25, 0.3) is 0 Å². The molecule has 0 aliphatic carbocycles. The van der Waals surface area contributed by atoms with Crippen LogP contribution < -0.4 is 10.6 Å². The highest BCUT2D eigenvalue weighted by Crippen LogP contribution is 2.12. The zero-order chi connectivity index (χ0) is 9.97. The SMILES string of the molecule is CC1CNC(c2ccccn2)C(=O)N1. The summed E-state index contributed by atoms with van der Waals surface area (Å²) in [5, 5.41) is 6.05. The molecule has 1 aromatic rings. The van der Waals surface area contributed by atoms with Crippen LogP contribution in [0.4, 0.5) is 0 Å². The van der Waals surface area contributed by atoms with Crippen LogP contribution in [0.15, 0.2) is 24.4 Å². The Labute approximate surface area is 82.7 Å². The molecule has 4 nitrogen and oxygen atoms in total. The second-order valence-corrected chi connectivity index (χ2v) is 3.51. The van der Waals surface area contributed by atoms with Gasteiger partial charge in [0.05, 0.1) is 5.69 Å². The Morgan fingerprint density at radius 2 is 2.36 bits per heavy atom. The van der Waals surface area contributed by atoms with Gasteiger partial charge in [-0.05, 0) is 19.1 Å². The maximum Gasteiger partial charge on any atom is 0.243 e. The van der Waals surface area contributed by atoms with E-state index in [0.717, 1.165) is 12.2 Å². The standard InChI is InChI=1S/C10H13N3O/c1-7-6-12-9(10(14)13-7)8-4-2-3-5-11-8/h2-5,7,9,12H,6H2,1H3,(H,13,14). The first-order valence-corrected chi connectivity index (χ1v) is 4.72. The second-order valence-electron chi connectivity index (χ2n) is 3.51. The fourth-order valence-electron chi connectivity index (χ4n) is 1.55. The highest BCUT2D eigenvalue weighted by atomic mass is 16.2. The third-order valence-corrected chi connectivity index (χ3v) is 2.26. The molecular weight excluding hydrogens is 178 g/mol. The van der Waals surface area contributed by atoms with Crippen LogP contribution >= 0.6 is 0 Å². The van der Waals surface area contributed by atoms with Gasteiger partial charge in [0, 0.05) is 18.8 Å². The molecule has 4 heteroatoms. The van der Waals surface area contributed by atoms with Crippen molar-refractivity contribution in [3.63, 3.8) is 0 Å². The third-order valence-electron chi connectivity index (χ3n) is 2.26. The lowest BCUT2D eigenvalue weighted by molar-refractivity contribution is -0.125. The fraction of sp³-hybridized carbons (Fsp3) is 0.400. The molecule has 1 aromatic heterocycles. The van der Waals surface area contributed by atoms with Crippen LogP contribution in [0.2, 0.25) is 0 Å². The molecule has 1 aliphatic heterocycles. The van der Waals surface area contributed by atoms with Crippen molar-refractivity contribution in [3.8, 4) is 0 Å². The van der Waals surface area contributed by atoms with Crippen molar-refractivity contribution in [2.45, 2.75) is 19.0 Å². The van der Waals surface area contributed by atoms with Crippen LogP contribution in [-0.4, -0.2) is 23.5 Å². The molecule has 2 rings (SSSR count). The molecule has 0 saturated carbocycles. The second kappa shape index (κ2) is 3.75. The van der Waals surface area contributed by atoms with Gasteiger partial charge in [-0.25, -0.2) is 0 Å². The maximum absolute atomic E-state index is 11.6. The molecule has 2 heterocycles. The fourth-order valence-corrected chi connectivity index (χ4v) is 1.55. The number of aromatic nitrogens is 1. The van der Waals surface area contributed by atoms with Gasteiger partial charge in [0.15, 0.2) is 0 Å². The van der Waals surface area contributed by atoms with Gasteiger partial charge < -0.3 is 5.32 Å². The summed E-state index contributed by atoms with van der Waals surface area (Å²) in [4.78, 5) is 15.7. The zero-order valence-corrected chi connectivity index (χ0v) is 8.03. The minimum atomic E-state index is -0.299. The largest absolute Gasteiger partial charge is 0.351 e. The van der Waals surface area contributed by atoms with Crippen LogP contribution in [0.3, 0.4) is 0 Å². The predicted molar refractivity (Wildman–Crippen MR) is 52.6 cm³/mol. The Morgan fingerprint density at radius 1 is 1.50 bits per heavy atom. The van der Waals surface area contributed by atoms with E-state index >= 15 is 0 Å². The normalized spacial score (nSPS) is 27.1. The first-order valence-electron chi connectivity index (χ1n) is 4.72. The van der Waals surface area contributed by atoms with E-state index in [1.807, 2.05) is 25.1 Å². The number of nitrogens with one attached hydrogen (secondary N) is 2. The molecule has 0 bridgehead atoms. The summed E-state index contributed by atoms with van der Waals surface area (Å²) in [5.74, 6) is 0.00227. The zero-order valence-electron chi connectivity index (χ0n) is 8.03. The van der Waals surface area contributed by atoms with Crippen molar-refractivity contribution in [2.75, 3.05) is 6.54 Å². The van der Waals surface area contributed by atoms with Gasteiger partial charge >= 0.3 is 0 Å². The van der Waals surface area contributed by atoms with E-state index in [9.17, 15) is 4.79 Å². The van der Waals surface area contributed by atoms with Gasteiger partial charge in [-0.15, -0.1) is 0 Å². The molecule has 2 N–H and O–H groups in total. The maximum atomic E-state index is 11.6. The monoisotopic (exact) mass is 191 g/mol. The van der Waals surface area contributed by atoms with Crippen molar-refractivity contribution >= 4 is 5.91 Å². The summed E-state index contributed by atoms with van der Waals surface area (Å²) in [5.41, 5.74) is 0.775. The van der Waals surface area contributed by atoms with Crippen LogP contribution in [0.1, 0.15) is 18.7 Å². The lowest BCUT2D eigenvalue weighted by Crippen LogP contribution is -2.52. The van der Waals surface area contributed by atoms with Crippen molar-refractivity contribution in [1.29, 1.82) is 0 Å². The smallest absolute Gasteiger partial charge is 0.243 e. The van der Waals surface area contributed by atoms with Crippen molar-refractivity contribution in [1.82, 2.24) is 15.6 Å². The Balaban J connectivity index is 2.16. The number of hydrogen-bond donors (Lipinski definition) is 2. The highest BCUT2D eigenvalue weighted by molar-refractivity contribution is 5.83. The van der Waals surface area contributed by atoms with Crippen LogP contribution in [0.5, 0.6) is 0 Å². The van der Waals surface area contributed by atoms with E-state index in [1.54, 1.807) is 6.20 Å². The number of piperazine rings is 1. The van der Waals surface area contributed by atoms with E-state index < -0.39 is 0 Å². The molecule has 1 amide bonds. The number of pyridine rings is 1. The molecule has 74 valence electrons. The molecule has 2 unspecified atom stereocenters. The predicted octanol–water partition coefficient (Wildman–Crippen LogP) is 0.231. The molecule has 0 spiro atoms. The molecule has 1 saturated heterocycles. The summed E-state index contributed by atoms with van der Waals surface area (Å²) in [6, 6.07) is 5.48. The van der Waals surface area contributed by atoms with Gasteiger partial charge in [0.1, 0.15) is 6.04 Å². The summed E-state index contributed by atoms with van der Waals surface area (Å²) in [7, 11) is 0. The number of nitrogens with zero attached hydrogens (tertiary/aromatic N) is 1. The lowest BCUT2D eigenvalue weighted by atomic mass is 10.1. The van der Waals surface area contributed by atoms with Gasteiger partial charge in [0.2, 0.25) is 5.91 Å². The molecule has 2 atom stereocenters. The Morgan fingerprint density at radius 3 is 3.00 bits per heavy atom. The van der Waals surface area contributed by atoms with Crippen LogP contribution in [0, 0.1) is 0 Å². The summed E-state index contributed by atoms with van der Waals surface area (Å²) in [6.07, 6.45) is 1.70. The van der Waals surface area contributed by atoms with Crippen LogP contribution in [-0.2, 0) is 4.79 Å². The minimum Gasteiger partial charge on any atom is -0.351 e. The molecular formula is C10H13N3O. The average molecular weight is 191 g/mol. The van der Waals surface area contributed by atoms with E-state index in [-0.39, 0.29) is 18.0 Å². The number of carbonyl (C=O) groups is 1. The number of hydrogen-bond acceptors (Lipinski definition) is 3. The van der Waals surface area contributed by atoms with Crippen molar-refractivity contribution < 1.29 is 4.79 Å². The van der Waals surface area contributed by atoms with E-state index in [0.29, 0.717) is 0 Å². The van der Waals surface area contributed by atoms with Gasteiger partial charge in [-0.1, -0.05) is 6.07 Å². The number of rotatable bonds is 1.